The summed E-state index contributed by atoms with van der Waals surface area (Å²) in [5.74, 6) is -0.986. The van der Waals surface area contributed by atoms with Crippen LogP contribution in [0.25, 0.3) is 5.76 Å². The van der Waals surface area contributed by atoms with Crippen molar-refractivity contribution in [1.82, 2.24) is 10.7 Å². The number of hydrogen-bond donors (Lipinski definition) is 5. The molecule has 9 heteroatoms. The molecule has 1 saturated heterocycles. The van der Waals surface area contributed by atoms with Gasteiger partial charge in [0.25, 0.3) is 5.91 Å². The first-order valence-electron chi connectivity index (χ1n) is 10.2. The first kappa shape index (κ1) is 21.4. The van der Waals surface area contributed by atoms with E-state index in [1.165, 1.54) is 6.07 Å². The number of ether oxygens (including phenoxy) is 1. The quantitative estimate of drug-likeness (QED) is 0.421. The zero-order chi connectivity index (χ0) is 22.8. The minimum absolute atomic E-state index is 0.0576. The number of nitrogens with one attached hydrogen (secondary N) is 3. The van der Waals surface area contributed by atoms with E-state index in [9.17, 15) is 14.7 Å². The summed E-state index contributed by atoms with van der Waals surface area (Å²) in [6.45, 7) is 1.61. The van der Waals surface area contributed by atoms with Crippen molar-refractivity contribution in [1.29, 1.82) is 5.41 Å². The molecule has 0 radical (unpaired) electrons. The molecule has 2 fully saturated rings. The minimum atomic E-state index is -1.10. The van der Waals surface area contributed by atoms with E-state index in [1.807, 2.05) is 13.0 Å². The highest BCUT2D eigenvalue weighted by atomic mass is 16.5. The molecule has 2 aromatic rings. The predicted molar refractivity (Wildman–Crippen MR) is 119 cm³/mol. The van der Waals surface area contributed by atoms with E-state index < -0.39 is 12.6 Å². The number of carboxylic acids is 1. The number of hydrogen-bond acceptors (Lipinski definition) is 6. The number of rotatable bonds is 7. The van der Waals surface area contributed by atoms with Crippen LogP contribution < -0.4 is 20.5 Å². The van der Waals surface area contributed by atoms with Gasteiger partial charge in [0, 0.05) is 23.7 Å². The molecule has 2 aromatic carbocycles. The van der Waals surface area contributed by atoms with Crippen LogP contribution >= 0.6 is 0 Å². The van der Waals surface area contributed by atoms with Crippen molar-refractivity contribution in [3.8, 4) is 5.75 Å². The van der Waals surface area contributed by atoms with Gasteiger partial charge in [0.2, 0.25) is 0 Å². The van der Waals surface area contributed by atoms with Crippen molar-refractivity contribution in [2.45, 2.75) is 25.8 Å². The number of carboxylic acid groups (broad SMARTS) is 1. The molecule has 32 heavy (non-hydrogen) atoms. The van der Waals surface area contributed by atoms with E-state index in [0.717, 1.165) is 18.4 Å². The summed E-state index contributed by atoms with van der Waals surface area (Å²) >= 11 is 0. The van der Waals surface area contributed by atoms with Crippen LogP contribution in [-0.2, 0) is 4.79 Å². The third-order valence-electron chi connectivity index (χ3n) is 5.30. The van der Waals surface area contributed by atoms with E-state index in [2.05, 4.69) is 10.7 Å². The topological polar surface area (TPSA) is 135 Å². The standard InChI is InChI=1S/C23H24N4O5/c1-13-5-6-15(23(31)26-16-7-8-16)10-19(13)27-22(24)18(11-25-27)21(30)14-3-2-4-17(9-14)32-12-20(28)29/h2-6,9-10,16,24-25,30H,7-8,11-12H2,1H3,(H,26,31)(H,28,29). The Hall–Kier alpha value is -3.85. The molecule has 1 aliphatic carbocycles. The molecule has 1 heterocycles. The fourth-order valence-corrected chi connectivity index (χ4v) is 3.40. The van der Waals surface area contributed by atoms with Gasteiger partial charge in [-0.25, -0.2) is 10.2 Å². The number of amidine groups is 1. The zero-order valence-electron chi connectivity index (χ0n) is 17.5. The second kappa shape index (κ2) is 8.72. The van der Waals surface area contributed by atoms with Gasteiger partial charge in [-0.15, -0.1) is 0 Å². The van der Waals surface area contributed by atoms with Crippen molar-refractivity contribution in [3.05, 3.63) is 64.7 Å². The molecule has 1 aliphatic heterocycles. The minimum Gasteiger partial charge on any atom is -0.507 e. The molecule has 9 nitrogen and oxygen atoms in total. The number of aliphatic hydroxyl groups excluding tert-OH is 1. The maximum absolute atomic E-state index is 12.4. The van der Waals surface area contributed by atoms with Gasteiger partial charge in [0.05, 0.1) is 11.3 Å². The molecule has 2 aliphatic rings. The highest BCUT2D eigenvalue weighted by molar-refractivity contribution is 6.13. The molecule has 1 amide bonds. The highest BCUT2D eigenvalue weighted by Gasteiger charge is 2.29. The Morgan fingerprint density at radius 2 is 1.97 bits per heavy atom. The van der Waals surface area contributed by atoms with E-state index in [4.69, 9.17) is 15.3 Å². The predicted octanol–water partition coefficient (Wildman–Crippen LogP) is 2.62. The molecule has 1 saturated carbocycles. The second-order valence-corrected chi connectivity index (χ2v) is 7.81. The lowest BCUT2D eigenvalue weighted by Gasteiger charge is -2.21. The Kier molecular flexibility index (Phi) is 5.83. The number of aryl methyl sites for hydroxylation is 1. The molecule has 0 bridgehead atoms. The monoisotopic (exact) mass is 436 g/mol. The second-order valence-electron chi connectivity index (χ2n) is 7.81. The van der Waals surface area contributed by atoms with Gasteiger partial charge in [-0.2, -0.15) is 0 Å². The number of anilines is 1. The number of amides is 1. The summed E-state index contributed by atoms with van der Waals surface area (Å²) in [4.78, 5) is 23.2. The van der Waals surface area contributed by atoms with Gasteiger partial charge >= 0.3 is 5.97 Å². The molecule has 0 atom stereocenters. The van der Waals surface area contributed by atoms with Crippen LogP contribution in [0.5, 0.6) is 5.75 Å². The molecule has 166 valence electrons. The molecule has 5 N–H and O–H groups in total. The summed E-state index contributed by atoms with van der Waals surface area (Å²) in [5, 5.41) is 32.7. The third-order valence-corrected chi connectivity index (χ3v) is 5.30. The number of carbonyl (C=O) groups excluding carboxylic acids is 1. The Balaban J connectivity index is 1.57. The number of aliphatic hydroxyl groups is 1. The van der Waals surface area contributed by atoms with Gasteiger partial charge in [0.15, 0.2) is 6.61 Å². The number of aliphatic carboxylic acids is 1. The maximum atomic E-state index is 12.4. The first-order chi connectivity index (χ1) is 15.3. The largest absolute Gasteiger partial charge is 0.507 e. The number of hydrazine groups is 1. The number of benzene rings is 2. The highest BCUT2D eigenvalue weighted by Crippen LogP contribution is 2.29. The molecule has 0 unspecified atom stereocenters. The number of nitrogens with zero attached hydrogens (tertiary/aromatic N) is 1. The van der Waals surface area contributed by atoms with Crippen molar-refractivity contribution in [2.24, 2.45) is 0 Å². The van der Waals surface area contributed by atoms with Crippen LogP contribution in [0.15, 0.2) is 48.0 Å². The Morgan fingerprint density at radius 1 is 1.19 bits per heavy atom. The summed E-state index contributed by atoms with van der Waals surface area (Å²) < 4.78 is 5.17. The molecule has 4 rings (SSSR count). The summed E-state index contributed by atoms with van der Waals surface area (Å²) in [5.41, 5.74) is 5.90. The average Bonchev–Trinajstić information content (AvgIpc) is 3.51. The SMILES string of the molecule is Cc1ccc(C(=O)NC2CC2)cc1N1NCC(=C(O)c2cccc(OCC(=O)O)c2)C1=N. The molecule has 0 aromatic heterocycles. The van der Waals surface area contributed by atoms with Crippen molar-refractivity contribution in [2.75, 3.05) is 18.2 Å². The van der Waals surface area contributed by atoms with Crippen LogP contribution in [0.1, 0.15) is 34.3 Å². The molecular formula is C23H24N4O5. The van der Waals surface area contributed by atoms with Gasteiger partial charge in [-0.3, -0.25) is 15.2 Å². The fourth-order valence-electron chi connectivity index (χ4n) is 3.40. The van der Waals surface area contributed by atoms with E-state index in [0.29, 0.717) is 28.1 Å². The van der Waals surface area contributed by atoms with Crippen LogP contribution in [0, 0.1) is 12.3 Å². The van der Waals surface area contributed by atoms with E-state index >= 15 is 0 Å². The molecule has 0 spiro atoms. The lowest BCUT2D eigenvalue weighted by molar-refractivity contribution is -0.139. The van der Waals surface area contributed by atoms with E-state index in [-0.39, 0.29) is 30.1 Å². The number of carbonyl (C=O) groups is 2. The molecular weight excluding hydrogens is 412 g/mol. The van der Waals surface area contributed by atoms with Gasteiger partial charge < -0.3 is 20.3 Å². The third kappa shape index (κ3) is 4.57. The average molecular weight is 436 g/mol. The van der Waals surface area contributed by atoms with Gasteiger partial charge in [0.1, 0.15) is 17.3 Å². The van der Waals surface area contributed by atoms with Crippen LogP contribution in [-0.4, -0.2) is 47.1 Å². The van der Waals surface area contributed by atoms with Crippen molar-refractivity contribution in [3.63, 3.8) is 0 Å². The zero-order valence-corrected chi connectivity index (χ0v) is 17.5. The summed E-state index contributed by atoms with van der Waals surface area (Å²) in [6.07, 6.45) is 2.00. The summed E-state index contributed by atoms with van der Waals surface area (Å²) in [6, 6.07) is 12.0. The fraction of sp³-hybridized carbons (Fsp3) is 0.261. The Bertz CT molecular complexity index is 1120. The van der Waals surface area contributed by atoms with Gasteiger partial charge in [-0.1, -0.05) is 18.2 Å². The van der Waals surface area contributed by atoms with E-state index in [1.54, 1.807) is 35.3 Å². The van der Waals surface area contributed by atoms with Crippen LogP contribution in [0.2, 0.25) is 0 Å². The van der Waals surface area contributed by atoms with Gasteiger partial charge in [-0.05, 0) is 49.6 Å². The summed E-state index contributed by atoms with van der Waals surface area (Å²) in [7, 11) is 0. The lowest BCUT2D eigenvalue weighted by Crippen LogP contribution is -2.35. The first-order valence-corrected chi connectivity index (χ1v) is 10.2. The smallest absolute Gasteiger partial charge is 0.341 e. The van der Waals surface area contributed by atoms with Crippen molar-refractivity contribution < 1.29 is 24.5 Å². The maximum Gasteiger partial charge on any atom is 0.341 e. The Morgan fingerprint density at radius 3 is 2.69 bits per heavy atom. The van der Waals surface area contributed by atoms with Crippen molar-refractivity contribution >= 4 is 29.2 Å². The normalized spacial score (nSPS) is 17.3. The lowest BCUT2D eigenvalue weighted by atomic mass is 10.1. The Labute approximate surface area is 184 Å². The van der Waals surface area contributed by atoms with Crippen LogP contribution in [0.4, 0.5) is 5.69 Å². The van der Waals surface area contributed by atoms with Crippen LogP contribution in [0.3, 0.4) is 0 Å².